The first-order valence-electron chi connectivity index (χ1n) is 21.4. The molecular formula is C59H58N4. The molecule has 7 rings (SSSR count). The number of pyridine rings is 1. The Labute approximate surface area is 376 Å². The minimum atomic E-state index is -0.353. The summed E-state index contributed by atoms with van der Waals surface area (Å²) in [5, 5.41) is 0. The fourth-order valence-corrected chi connectivity index (χ4v) is 7.62. The maximum Gasteiger partial charge on any atom is 0.163 e. The zero-order valence-corrected chi connectivity index (χ0v) is 37.3. The second-order valence-electron chi connectivity index (χ2n) is 15.2. The van der Waals surface area contributed by atoms with E-state index in [1.165, 1.54) is 44.5 Å². The van der Waals surface area contributed by atoms with Crippen LogP contribution in [0.25, 0.3) is 22.5 Å². The normalized spacial score (nSPS) is 17.4. The fourth-order valence-electron chi connectivity index (χ4n) is 7.62. The van der Waals surface area contributed by atoms with Gasteiger partial charge in [0.2, 0.25) is 0 Å². The van der Waals surface area contributed by atoms with E-state index in [1.807, 2.05) is 101 Å². The maximum atomic E-state index is 4.86. The second-order valence-corrected chi connectivity index (χ2v) is 15.2. The van der Waals surface area contributed by atoms with Gasteiger partial charge >= 0.3 is 0 Å². The number of hydrogen-bond donors (Lipinski definition) is 0. The van der Waals surface area contributed by atoms with E-state index < -0.39 is 0 Å². The first-order valence-corrected chi connectivity index (χ1v) is 21.4. The van der Waals surface area contributed by atoms with Crippen molar-refractivity contribution in [3.05, 3.63) is 263 Å². The average molecular weight is 823 g/mol. The summed E-state index contributed by atoms with van der Waals surface area (Å²) in [7, 11) is 0. The quantitative estimate of drug-likeness (QED) is 0.104. The third-order valence-electron chi connectivity index (χ3n) is 10.6. The highest BCUT2D eigenvalue weighted by atomic mass is 15.0. The van der Waals surface area contributed by atoms with E-state index in [9.17, 15) is 0 Å². The van der Waals surface area contributed by atoms with Gasteiger partial charge in [0.25, 0.3) is 0 Å². The summed E-state index contributed by atoms with van der Waals surface area (Å²) < 4.78 is 0. The summed E-state index contributed by atoms with van der Waals surface area (Å²) in [4.78, 5) is 18.6. The zero-order chi connectivity index (χ0) is 44.9. The molecule has 0 amide bonds. The third-order valence-corrected chi connectivity index (χ3v) is 10.6. The SMILES string of the molecule is C#C.C=C(C)/C=C\C=C/C.C\C=C/C(=C\C=C(/C)C1=CC(c2ccc3c(c2)C/C=C\C=C/CC3(c2ccccc2)c2ccncc2)=CC=CC1)c1nc(C)nc(-c2ccccc2)n1. The van der Waals surface area contributed by atoms with Gasteiger partial charge in [-0.25, -0.2) is 15.0 Å². The van der Waals surface area contributed by atoms with Crippen LogP contribution in [0, 0.1) is 19.8 Å². The van der Waals surface area contributed by atoms with Crippen LogP contribution in [0.2, 0.25) is 0 Å². The molecule has 2 aliphatic rings. The fraction of sp³-hybridized carbons (Fsp3) is 0.153. The molecular weight excluding hydrogens is 765 g/mol. The molecule has 1 unspecified atom stereocenters. The van der Waals surface area contributed by atoms with Crippen LogP contribution < -0.4 is 0 Å². The van der Waals surface area contributed by atoms with Crippen molar-refractivity contribution in [1.29, 1.82) is 0 Å². The van der Waals surface area contributed by atoms with Crippen molar-refractivity contribution >= 4 is 11.1 Å². The lowest BCUT2D eigenvalue weighted by molar-refractivity contribution is 0.621. The number of allylic oxidation sites excluding steroid dienone is 21. The predicted molar refractivity (Wildman–Crippen MR) is 269 cm³/mol. The molecule has 1 atom stereocenters. The van der Waals surface area contributed by atoms with E-state index in [0.29, 0.717) is 17.5 Å². The predicted octanol–water partition coefficient (Wildman–Crippen LogP) is 14.5. The van der Waals surface area contributed by atoms with Crippen LogP contribution in [0.1, 0.15) is 80.0 Å². The van der Waals surface area contributed by atoms with E-state index in [4.69, 9.17) is 9.97 Å². The molecule has 0 saturated carbocycles. The highest BCUT2D eigenvalue weighted by Crippen LogP contribution is 2.45. The molecule has 2 aliphatic carbocycles. The minimum Gasteiger partial charge on any atom is -0.265 e. The summed E-state index contributed by atoms with van der Waals surface area (Å²) in [6.07, 6.45) is 48.6. The van der Waals surface area contributed by atoms with Gasteiger partial charge in [0, 0.05) is 28.9 Å². The van der Waals surface area contributed by atoms with Crippen molar-refractivity contribution in [2.24, 2.45) is 0 Å². The summed E-state index contributed by atoms with van der Waals surface area (Å²) in [5.41, 5.74) is 12.7. The largest absolute Gasteiger partial charge is 0.265 e. The summed E-state index contributed by atoms with van der Waals surface area (Å²) in [5.74, 6) is 2.03. The maximum absolute atomic E-state index is 4.86. The Morgan fingerprint density at radius 2 is 1.40 bits per heavy atom. The zero-order valence-electron chi connectivity index (χ0n) is 37.3. The lowest BCUT2D eigenvalue weighted by Gasteiger charge is -2.37. The number of hydrogen-bond acceptors (Lipinski definition) is 4. The molecule has 2 aromatic heterocycles. The molecule has 4 heteroatoms. The van der Waals surface area contributed by atoms with Gasteiger partial charge in [0.1, 0.15) is 5.82 Å². The van der Waals surface area contributed by atoms with Gasteiger partial charge in [-0.15, -0.1) is 12.8 Å². The van der Waals surface area contributed by atoms with Crippen LogP contribution in [-0.2, 0) is 11.8 Å². The van der Waals surface area contributed by atoms with Crippen molar-refractivity contribution in [3.63, 3.8) is 0 Å². The number of aromatic nitrogens is 4. The molecule has 0 saturated heterocycles. The topological polar surface area (TPSA) is 51.6 Å². The molecule has 0 spiro atoms. The number of rotatable bonds is 10. The highest BCUT2D eigenvalue weighted by Gasteiger charge is 2.37. The van der Waals surface area contributed by atoms with Crippen LogP contribution >= 0.6 is 0 Å². The number of aryl methyl sites for hydroxylation is 1. The Hall–Kier alpha value is -7.48. The Kier molecular flexibility index (Phi) is 17.8. The van der Waals surface area contributed by atoms with Crippen molar-refractivity contribution in [2.75, 3.05) is 0 Å². The molecule has 5 aromatic rings. The summed E-state index contributed by atoms with van der Waals surface area (Å²) in [6, 6.07) is 32.4. The monoisotopic (exact) mass is 822 g/mol. The average Bonchev–Trinajstić information content (AvgIpc) is 3.53. The van der Waals surface area contributed by atoms with E-state index in [1.54, 1.807) is 0 Å². The number of benzene rings is 3. The van der Waals surface area contributed by atoms with Crippen LogP contribution in [0.4, 0.5) is 0 Å². The first-order chi connectivity index (χ1) is 30.8. The number of fused-ring (bicyclic) bond motifs is 1. The van der Waals surface area contributed by atoms with Gasteiger partial charge < -0.3 is 0 Å². The van der Waals surface area contributed by atoms with Gasteiger partial charge in [-0.1, -0.05) is 188 Å². The molecule has 314 valence electrons. The molecule has 2 heterocycles. The molecule has 0 bridgehead atoms. The highest BCUT2D eigenvalue weighted by molar-refractivity contribution is 5.79. The number of terminal acetylenes is 1. The van der Waals surface area contributed by atoms with Gasteiger partial charge in [0.05, 0.1) is 0 Å². The van der Waals surface area contributed by atoms with Crippen LogP contribution in [0.3, 0.4) is 0 Å². The van der Waals surface area contributed by atoms with Crippen molar-refractivity contribution in [1.82, 2.24) is 19.9 Å². The molecule has 4 nitrogen and oxygen atoms in total. The van der Waals surface area contributed by atoms with E-state index in [2.05, 4.69) is 164 Å². The van der Waals surface area contributed by atoms with Crippen LogP contribution in [0.5, 0.6) is 0 Å². The Balaban J connectivity index is 0.000000675. The van der Waals surface area contributed by atoms with E-state index in [0.717, 1.165) is 36.0 Å². The minimum absolute atomic E-state index is 0.353. The molecule has 0 radical (unpaired) electrons. The van der Waals surface area contributed by atoms with Crippen molar-refractivity contribution in [3.8, 4) is 24.2 Å². The Morgan fingerprint density at radius 1 is 0.698 bits per heavy atom. The third kappa shape index (κ3) is 12.5. The lowest BCUT2D eigenvalue weighted by atomic mass is 9.66. The second kappa shape index (κ2) is 24.1. The molecule has 0 aliphatic heterocycles. The van der Waals surface area contributed by atoms with Crippen LogP contribution in [-0.4, -0.2) is 19.9 Å². The summed E-state index contributed by atoms with van der Waals surface area (Å²) in [6.45, 7) is 13.8. The Morgan fingerprint density at radius 3 is 2.11 bits per heavy atom. The van der Waals surface area contributed by atoms with E-state index >= 15 is 0 Å². The molecule has 63 heavy (non-hydrogen) atoms. The van der Waals surface area contributed by atoms with Gasteiger partial charge in [-0.2, -0.15) is 0 Å². The smallest absolute Gasteiger partial charge is 0.163 e. The van der Waals surface area contributed by atoms with Crippen molar-refractivity contribution < 1.29 is 0 Å². The van der Waals surface area contributed by atoms with Gasteiger partial charge in [-0.05, 0) is 111 Å². The lowest BCUT2D eigenvalue weighted by Crippen LogP contribution is -2.30. The van der Waals surface area contributed by atoms with Crippen LogP contribution in [0.15, 0.2) is 224 Å². The Bertz CT molecular complexity index is 2600. The standard InChI is InChI=1S/C49H44N4.C8H12.C2H2/c1-4-17-38(47-51-37(3)52-48(53-47)39-18-10-7-11-19-39)26-25-36(2)40-20-14-15-21-41(34-40)42-27-28-46-43(35-42)22-9-5-6-16-31-49(46,44-23-12-8-13-24-44)45-29-32-50-33-30-45;1-4-5-6-7-8(2)3;1-2/h4-19,21,23-30,32-35H,20,22,31H2,1-3H3;4-7H,2H2,1,3H3;1-2H/b9-5-,16-6-,17-4-,36-25+,38-26+;5-4-,7-6-;. The molecule has 0 fully saturated rings. The number of nitrogens with zero attached hydrogens (tertiary/aromatic N) is 4. The summed E-state index contributed by atoms with van der Waals surface area (Å²) >= 11 is 0. The van der Waals surface area contributed by atoms with Gasteiger partial charge in [-0.3, -0.25) is 4.98 Å². The first kappa shape index (κ1) is 46.6. The molecule has 0 N–H and O–H groups in total. The van der Waals surface area contributed by atoms with E-state index in [-0.39, 0.29) is 5.41 Å². The van der Waals surface area contributed by atoms with Gasteiger partial charge in [0.15, 0.2) is 11.6 Å². The molecule has 3 aromatic carbocycles. The van der Waals surface area contributed by atoms with Crippen molar-refractivity contribution in [2.45, 2.75) is 59.3 Å².